The average Bonchev–Trinajstić information content (AvgIpc) is 2.84. The first kappa shape index (κ1) is 14.3. The quantitative estimate of drug-likeness (QED) is 0.886. The van der Waals surface area contributed by atoms with Crippen LogP contribution in [-0.2, 0) is 4.74 Å². The second-order valence-electron chi connectivity index (χ2n) is 4.82. The lowest BCUT2D eigenvalue weighted by Crippen LogP contribution is -2.43. The molecule has 1 fully saturated rings. The van der Waals surface area contributed by atoms with Crippen molar-refractivity contribution < 1.29 is 19.4 Å². The smallest absolute Gasteiger partial charge is 0.337 e. The van der Waals surface area contributed by atoms with Crippen molar-refractivity contribution in [1.82, 2.24) is 4.90 Å². The number of aromatic carboxylic acids is 1. The van der Waals surface area contributed by atoms with Crippen LogP contribution in [0.3, 0.4) is 0 Å². The largest absolute Gasteiger partial charge is 0.478 e. The molecule has 1 heterocycles. The van der Waals surface area contributed by atoms with Gasteiger partial charge < -0.3 is 20.1 Å². The summed E-state index contributed by atoms with van der Waals surface area (Å²) in [7, 11) is 1.69. The number of carboxylic acid groups (broad SMARTS) is 1. The lowest BCUT2D eigenvalue weighted by molar-refractivity contribution is 0.0698. The van der Waals surface area contributed by atoms with Gasteiger partial charge in [-0.25, -0.2) is 9.59 Å². The van der Waals surface area contributed by atoms with Gasteiger partial charge in [0.2, 0.25) is 0 Å². The van der Waals surface area contributed by atoms with Crippen LogP contribution in [-0.4, -0.2) is 47.8 Å². The van der Waals surface area contributed by atoms with Crippen LogP contribution in [0.1, 0.15) is 23.7 Å². The van der Waals surface area contributed by atoms with Crippen molar-refractivity contribution in [2.45, 2.75) is 25.5 Å². The highest BCUT2D eigenvalue weighted by Gasteiger charge is 2.30. The molecule has 0 radical (unpaired) electrons. The summed E-state index contributed by atoms with van der Waals surface area (Å²) in [6, 6.07) is 6.01. The molecule has 1 aromatic carbocycles. The van der Waals surface area contributed by atoms with E-state index in [2.05, 4.69) is 5.32 Å². The zero-order chi connectivity index (χ0) is 14.7. The van der Waals surface area contributed by atoms with Crippen LogP contribution in [0.15, 0.2) is 24.3 Å². The van der Waals surface area contributed by atoms with Crippen molar-refractivity contribution in [2.24, 2.45) is 0 Å². The highest BCUT2D eigenvalue weighted by atomic mass is 16.5. The second kappa shape index (κ2) is 5.92. The summed E-state index contributed by atoms with van der Waals surface area (Å²) in [5.41, 5.74) is 0.369. The Balaban J connectivity index is 2.10. The summed E-state index contributed by atoms with van der Waals surface area (Å²) in [4.78, 5) is 24.8. The number of nitrogens with zero attached hydrogens (tertiary/aromatic N) is 1. The normalized spacial score (nSPS) is 21.5. The molecule has 6 heteroatoms. The van der Waals surface area contributed by atoms with Crippen LogP contribution in [0, 0.1) is 0 Å². The highest BCUT2D eigenvalue weighted by molar-refractivity contribution is 5.99. The second-order valence-corrected chi connectivity index (χ2v) is 4.82. The van der Waals surface area contributed by atoms with Gasteiger partial charge in [-0.05, 0) is 25.5 Å². The molecule has 1 aliphatic heterocycles. The van der Waals surface area contributed by atoms with Crippen LogP contribution in [0.2, 0.25) is 0 Å². The predicted octanol–water partition coefficient (Wildman–Crippen LogP) is 2.03. The fraction of sp³-hybridized carbons (Fsp3) is 0.429. The maximum absolute atomic E-state index is 12.2. The number of urea groups is 1. The van der Waals surface area contributed by atoms with Crippen molar-refractivity contribution in [3.05, 3.63) is 29.8 Å². The fourth-order valence-corrected chi connectivity index (χ4v) is 2.36. The first-order valence-electron chi connectivity index (χ1n) is 6.48. The van der Waals surface area contributed by atoms with Crippen LogP contribution in [0.25, 0.3) is 0 Å². The van der Waals surface area contributed by atoms with Gasteiger partial charge in [0.05, 0.1) is 23.4 Å². The topological polar surface area (TPSA) is 78.9 Å². The molecule has 0 spiro atoms. The van der Waals surface area contributed by atoms with E-state index in [1.54, 1.807) is 30.1 Å². The molecule has 0 aliphatic carbocycles. The number of rotatable bonds is 3. The molecule has 2 rings (SSSR count). The third-order valence-electron chi connectivity index (χ3n) is 3.55. The van der Waals surface area contributed by atoms with E-state index in [1.165, 1.54) is 6.07 Å². The number of hydrogen-bond donors (Lipinski definition) is 2. The molecular weight excluding hydrogens is 260 g/mol. The Hall–Kier alpha value is -2.08. The van der Waals surface area contributed by atoms with E-state index < -0.39 is 5.97 Å². The number of para-hydroxylation sites is 1. The number of carbonyl (C=O) groups is 2. The average molecular weight is 278 g/mol. The van der Waals surface area contributed by atoms with Crippen molar-refractivity contribution >= 4 is 17.7 Å². The summed E-state index contributed by atoms with van der Waals surface area (Å²) < 4.78 is 5.43. The third-order valence-corrected chi connectivity index (χ3v) is 3.55. The summed E-state index contributed by atoms with van der Waals surface area (Å²) in [5.74, 6) is -1.07. The van der Waals surface area contributed by atoms with Gasteiger partial charge >= 0.3 is 12.0 Å². The number of carboxylic acids is 1. The summed E-state index contributed by atoms with van der Waals surface area (Å²) in [5, 5.41) is 11.7. The fourth-order valence-electron chi connectivity index (χ4n) is 2.36. The Labute approximate surface area is 117 Å². The van der Waals surface area contributed by atoms with Gasteiger partial charge in [-0.15, -0.1) is 0 Å². The number of amides is 2. The SMILES string of the molecule is CC1OCCC1N(C)C(=O)Nc1ccccc1C(=O)O. The van der Waals surface area contributed by atoms with Gasteiger partial charge in [-0.2, -0.15) is 0 Å². The Morgan fingerprint density at radius 1 is 1.40 bits per heavy atom. The number of ether oxygens (including phenoxy) is 1. The lowest BCUT2D eigenvalue weighted by Gasteiger charge is -2.27. The van der Waals surface area contributed by atoms with E-state index in [1.807, 2.05) is 6.92 Å². The third kappa shape index (κ3) is 2.91. The van der Waals surface area contributed by atoms with E-state index in [0.29, 0.717) is 12.3 Å². The Morgan fingerprint density at radius 2 is 2.10 bits per heavy atom. The summed E-state index contributed by atoms with van der Waals surface area (Å²) in [6.45, 7) is 2.56. The van der Waals surface area contributed by atoms with E-state index in [9.17, 15) is 9.59 Å². The Morgan fingerprint density at radius 3 is 2.70 bits per heavy atom. The number of likely N-dealkylation sites (N-methyl/N-ethyl adjacent to an activating group) is 1. The van der Waals surface area contributed by atoms with Crippen molar-refractivity contribution in [1.29, 1.82) is 0 Å². The predicted molar refractivity (Wildman–Crippen MR) is 74.0 cm³/mol. The summed E-state index contributed by atoms with van der Waals surface area (Å²) >= 11 is 0. The Bertz CT molecular complexity index is 518. The molecule has 2 N–H and O–H groups in total. The molecule has 2 unspecified atom stereocenters. The van der Waals surface area contributed by atoms with E-state index in [-0.39, 0.29) is 23.7 Å². The molecule has 1 saturated heterocycles. The standard InChI is InChI=1S/C14H18N2O4/c1-9-12(7-8-20-9)16(2)14(19)15-11-6-4-3-5-10(11)13(17)18/h3-6,9,12H,7-8H2,1-2H3,(H,15,19)(H,17,18). The van der Waals surface area contributed by atoms with E-state index in [4.69, 9.17) is 9.84 Å². The lowest BCUT2D eigenvalue weighted by atomic mass is 10.1. The molecule has 20 heavy (non-hydrogen) atoms. The molecule has 2 atom stereocenters. The van der Waals surface area contributed by atoms with Crippen molar-refractivity contribution in [2.75, 3.05) is 19.0 Å². The van der Waals surface area contributed by atoms with Crippen LogP contribution in [0.5, 0.6) is 0 Å². The zero-order valence-electron chi connectivity index (χ0n) is 11.5. The number of anilines is 1. The van der Waals surface area contributed by atoms with Gasteiger partial charge in [0.1, 0.15) is 0 Å². The maximum atomic E-state index is 12.2. The van der Waals surface area contributed by atoms with Crippen molar-refractivity contribution in [3.8, 4) is 0 Å². The van der Waals surface area contributed by atoms with Gasteiger partial charge in [-0.3, -0.25) is 0 Å². The number of benzene rings is 1. The molecule has 1 aliphatic rings. The minimum Gasteiger partial charge on any atom is -0.478 e. The number of hydrogen-bond acceptors (Lipinski definition) is 3. The molecule has 1 aromatic rings. The van der Waals surface area contributed by atoms with Gasteiger partial charge in [0.25, 0.3) is 0 Å². The zero-order valence-corrected chi connectivity index (χ0v) is 11.5. The minimum atomic E-state index is -1.07. The molecule has 108 valence electrons. The Kier molecular flexibility index (Phi) is 4.24. The van der Waals surface area contributed by atoms with Gasteiger partial charge in [0, 0.05) is 13.7 Å². The maximum Gasteiger partial charge on any atom is 0.337 e. The van der Waals surface area contributed by atoms with Crippen LogP contribution >= 0.6 is 0 Å². The highest BCUT2D eigenvalue weighted by Crippen LogP contribution is 2.20. The van der Waals surface area contributed by atoms with E-state index in [0.717, 1.165) is 6.42 Å². The monoisotopic (exact) mass is 278 g/mol. The van der Waals surface area contributed by atoms with Crippen LogP contribution < -0.4 is 5.32 Å². The molecule has 0 saturated carbocycles. The van der Waals surface area contributed by atoms with E-state index >= 15 is 0 Å². The molecule has 6 nitrogen and oxygen atoms in total. The summed E-state index contributed by atoms with van der Waals surface area (Å²) in [6.07, 6.45) is 0.770. The first-order chi connectivity index (χ1) is 9.50. The molecule has 2 amide bonds. The van der Waals surface area contributed by atoms with Crippen LogP contribution in [0.4, 0.5) is 10.5 Å². The van der Waals surface area contributed by atoms with Gasteiger partial charge in [-0.1, -0.05) is 12.1 Å². The first-order valence-corrected chi connectivity index (χ1v) is 6.48. The minimum absolute atomic E-state index is 0.00647. The number of nitrogens with one attached hydrogen (secondary N) is 1. The molecule has 0 aromatic heterocycles. The molecular formula is C14H18N2O4. The molecule has 0 bridgehead atoms. The van der Waals surface area contributed by atoms with Gasteiger partial charge in [0.15, 0.2) is 0 Å². The number of carbonyl (C=O) groups excluding carboxylic acids is 1. The van der Waals surface area contributed by atoms with Crippen molar-refractivity contribution in [3.63, 3.8) is 0 Å².